The first-order chi connectivity index (χ1) is 14.4. The van der Waals surface area contributed by atoms with Gasteiger partial charge in [0.05, 0.1) is 13.2 Å². The van der Waals surface area contributed by atoms with Gasteiger partial charge in [0.1, 0.15) is 5.82 Å². The molecule has 1 heterocycles. The molecule has 156 valence electrons. The smallest absolute Gasteiger partial charge is 0.255 e. The summed E-state index contributed by atoms with van der Waals surface area (Å²) >= 11 is 0. The number of carbonyl (C=O) groups is 1. The van der Waals surface area contributed by atoms with E-state index in [1.807, 2.05) is 26.8 Å². The molecule has 0 saturated carbocycles. The van der Waals surface area contributed by atoms with Gasteiger partial charge in [0.25, 0.3) is 11.5 Å². The molecule has 0 atom stereocenters. The maximum atomic E-state index is 12.7. The van der Waals surface area contributed by atoms with Crippen molar-refractivity contribution < 1.29 is 14.3 Å². The van der Waals surface area contributed by atoms with Gasteiger partial charge in [-0.1, -0.05) is 19.1 Å². The fourth-order valence-electron chi connectivity index (χ4n) is 2.93. The zero-order valence-electron chi connectivity index (χ0n) is 17.5. The fourth-order valence-corrected chi connectivity index (χ4v) is 2.93. The summed E-state index contributed by atoms with van der Waals surface area (Å²) in [5.74, 6) is 1.25. The van der Waals surface area contributed by atoms with Crippen molar-refractivity contribution in [1.29, 1.82) is 0 Å². The molecule has 0 aliphatic rings. The molecule has 2 aromatic carbocycles. The molecule has 0 fully saturated rings. The van der Waals surface area contributed by atoms with Crippen LogP contribution in [0.25, 0.3) is 11.4 Å². The van der Waals surface area contributed by atoms with Crippen LogP contribution in [0, 0.1) is 0 Å². The molecule has 0 aliphatic carbocycles. The molecule has 0 aliphatic heterocycles. The largest absolute Gasteiger partial charge is 0.493 e. The second-order valence-corrected chi connectivity index (χ2v) is 7.01. The molecule has 0 bridgehead atoms. The van der Waals surface area contributed by atoms with Crippen molar-refractivity contribution in [3.8, 4) is 22.9 Å². The average molecular weight is 407 g/mol. The number of aryl methyl sites for hydroxylation is 1. The summed E-state index contributed by atoms with van der Waals surface area (Å²) in [6, 6.07) is 13.7. The second-order valence-electron chi connectivity index (χ2n) is 7.01. The van der Waals surface area contributed by atoms with E-state index in [1.54, 1.807) is 36.4 Å². The van der Waals surface area contributed by atoms with Crippen molar-refractivity contribution in [2.45, 2.75) is 33.3 Å². The summed E-state index contributed by atoms with van der Waals surface area (Å²) in [5.41, 5.74) is 2.23. The number of ether oxygens (including phenoxy) is 2. The van der Waals surface area contributed by atoms with E-state index < -0.39 is 0 Å². The van der Waals surface area contributed by atoms with Crippen molar-refractivity contribution in [3.63, 3.8) is 0 Å². The van der Waals surface area contributed by atoms with Gasteiger partial charge in [-0.05, 0) is 50.6 Å². The first-order valence-electron chi connectivity index (χ1n) is 9.76. The average Bonchev–Trinajstić information content (AvgIpc) is 2.73. The number of aromatic nitrogens is 2. The Bertz CT molecular complexity index is 1110. The number of aromatic amines is 1. The van der Waals surface area contributed by atoms with Gasteiger partial charge >= 0.3 is 0 Å². The Hall–Kier alpha value is -3.61. The molecule has 0 radical (unpaired) electrons. The number of H-pyrrole nitrogens is 1. The minimum Gasteiger partial charge on any atom is -0.493 e. The molecule has 30 heavy (non-hydrogen) atoms. The van der Waals surface area contributed by atoms with E-state index in [-0.39, 0.29) is 17.6 Å². The molecular formula is C23H25N3O4. The predicted octanol–water partition coefficient (Wildman–Crippen LogP) is 4.05. The lowest BCUT2D eigenvalue weighted by Gasteiger charge is -2.14. The molecule has 2 N–H and O–H groups in total. The highest BCUT2D eigenvalue weighted by Crippen LogP contribution is 2.29. The number of rotatable bonds is 7. The molecule has 7 heteroatoms. The van der Waals surface area contributed by atoms with Crippen LogP contribution in [0.2, 0.25) is 0 Å². The number of amides is 1. The van der Waals surface area contributed by atoms with E-state index in [0.29, 0.717) is 46.3 Å². The minimum absolute atomic E-state index is 0.00687. The lowest BCUT2D eigenvalue weighted by atomic mass is 10.1. The molecule has 1 aromatic heterocycles. The Kier molecular flexibility index (Phi) is 6.51. The third-order valence-electron chi connectivity index (χ3n) is 4.34. The third kappa shape index (κ3) is 5.05. The molecule has 0 spiro atoms. The second kappa shape index (κ2) is 9.26. The van der Waals surface area contributed by atoms with Crippen LogP contribution < -0.4 is 20.3 Å². The number of hydrogen-bond acceptors (Lipinski definition) is 5. The minimum atomic E-state index is -0.287. The predicted molar refractivity (Wildman–Crippen MR) is 116 cm³/mol. The van der Waals surface area contributed by atoms with Crippen molar-refractivity contribution >= 4 is 11.6 Å². The van der Waals surface area contributed by atoms with Gasteiger partial charge in [-0.25, -0.2) is 4.98 Å². The number of nitrogens with zero attached hydrogens (tertiary/aromatic N) is 1. The molecule has 0 saturated heterocycles. The van der Waals surface area contributed by atoms with Crippen molar-refractivity contribution in [1.82, 2.24) is 9.97 Å². The number of methoxy groups -OCH3 is 1. The normalized spacial score (nSPS) is 10.7. The number of carbonyl (C=O) groups excluding carboxylic acids is 1. The first-order valence-corrected chi connectivity index (χ1v) is 9.76. The molecular weight excluding hydrogens is 382 g/mol. The lowest BCUT2D eigenvalue weighted by molar-refractivity contribution is 0.102. The van der Waals surface area contributed by atoms with Crippen molar-refractivity contribution in [2.24, 2.45) is 0 Å². The Morgan fingerprint density at radius 3 is 2.63 bits per heavy atom. The summed E-state index contributed by atoms with van der Waals surface area (Å²) < 4.78 is 11.0. The maximum absolute atomic E-state index is 12.7. The summed E-state index contributed by atoms with van der Waals surface area (Å²) in [6.07, 6.45) is 0.652. The zero-order valence-corrected chi connectivity index (χ0v) is 17.5. The summed E-state index contributed by atoms with van der Waals surface area (Å²) in [7, 11) is 1.53. The van der Waals surface area contributed by atoms with Crippen LogP contribution in [0.4, 0.5) is 5.69 Å². The third-order valence-corrected chi connectivity index (χ3v) is 4.34. The highest BCUT2D eigenvalue weighted by Gasteiger charge is 2.13. The lowest BCUT2D eigenvalue weighted by Crippen LogP contribution is -2.13. The first kappa shape index (κ1) is 21.1. The zero-order chi connectivity index (χ0) is 21.7. The van der Waals surface area contributed by atoms with Crippen LogP contribution in [-0.4, -0.2) is 29.1 Å². The molecule has 7 nitrogen and oxygen atoms in total. The van der Waals surface area contributed by atoms with E-state index in [2.05, 4.69) is 15.3 Å². The maximum Gasteiger partial charge on any atom is 0.255 e. The number of benzene rings is 2. The van der Waals surface area contributed by atoms with Gasteiger partial charge in [-0.3, -0.25) is 9.59 Å². The van der Waals surface area contributed by atoms with Crippen LogP contribution in [0.15, 0.2) is 53.3 Å². The van der Waals surface area contributed by atoms with Crippen LogP contribution in [0.3, 0.4) is 0 Å². The molecule has 1 amide bonds. The van der Waals surface area contributed by atoms with E-state index in [4.69, 9.17) is 9.47 Å². The van der Waals surface area contributed by atoms with Crippen LogP contribution in [0.5, 0.6) is 11.5 Å². The SMILES string of the molecule is CCc1cc(=O)[nH]c(-c2cccc(NC(=O)c3ccc(OC(C)C)c(OC)c3)c2)n1. The van der Waals surface area contributed by atoms with Gasteiger partial charge in [0.2, 0.25) is 0 Å². The quantitative estimate of drug-likeness (QED) is 0.616. The van der Waals surface area contributed by atoms with Gasteiger partial charge in [-0.2, -0.15) is 0 Å². The van der Waals surface area contributed by atoms with E-state index >= 15 is 0 Å². The summed E-state index contributed by atoms with van der Waals surface area (Å²) in [6.45, 7) is 5.78. The van der Waals surface area contributed by atoms with Crippen molar-refractivity contribution in [3.05, 3.63) is 70.1 Å². The van der Waals surface area contributed by atoms with Crippen LogP contribution in [-0.2, 0) is 6.42 Å². The van der Waals surface area contributed by atoms with E-state index in [9.17, 15) is 9.59 Å². The highest BCUT2D eigenvalue weighted by molar-refractivity contribution is 6.04. The molecule has 3 rings (SSSR count). The Morgan fingerprint density at radius 1 is 1.13 bits per heavy atom. The van der Waals surface area contributed by atoms with Gasteiger partial charge < -0.3 is 19.8 Å². The van der Waals surface area contributed by atoms with Crippen LogP contribution >= 0.6 is 0 Å². The number of hydrogen-bond donors (Lipinski definition) is 2. The Labute approximate surface area is 175 Å². The number of anilines is 1. The Morgan fingerprint density at radius 2 is 1.93 bits per heavy atom. The summed E-state index contributed by atoms with van der Waals surface area (Å²) in [5, 5.41) is 2.87. The Balaban J connectivity index is 1.83. The standard InChI is InChI=1S/C23H25N3O4/c1-5-17-13-21(27)26-22(24-17)15-7-6-8-18(11-15)25-23(28)16-9-10-19(30-14(2)3)20(12-16)29-4/h6-14H,5H2,1-4H3,(H,25,28)(H,24,26,27). The van der Waals surface area contributed by atoms with Gasteiger partial charge in [0, 0.05) is 28.6 Å². The van der Waals surface area contributed by atoms with Gasteiger partial charge in [0.15, 0.2) is 11.5 Å². The summed E-state index contributed by atoms with van der Waals surface area (Å²) in [4.78, 5) is 31.8. The topological polar surface area (TPSA) is 93.3 Å². The fraction of sp³-hybridized carbons (Fsp3) is 0.261. The van der Waals surface area contributed by atoms with Gasteiger partial charge in [-0.15, -0.1) is 0 Å². The van der Waals surface area contributed by atoms with Crippen molar-refractivity contribution in [2.75, 3.05) is 12.4 Å². The number of nitrogens with one attached hydrogen (secondary N) is 2. The highest BCUT2D eigenvalue weighted by atomic mass is 16.5. The molecule has 0 unspecified atom stereocenters. The van der Waals surface area contributed by atoms with E-state index in [1.165, 1.54) is 13.2 Å². The van der Waals surface area contributed by atoms with E-state index in [0.717, 1.165) is 0 Å². The monoisotopic (exact) mass is 407 g/mol. The molecule has 3 aromatic rings. The van der Waals surface area contributed by atoms with Crippen LogP contribution in [0.1, 0.15) is 36.8 Å².